The molecule has 3 rings (SSSR count). The molecule has 1 aliphatic rings. The van der Waals surface area contributed by atoms with Crippen LogP contribution >= 0.6 is 0 Å². The van der Waals surface area contributed by atoms with Gasteiger partial charge in [-0.05, 0) is 48.5 Å². The van der Waals surface area contributed by atoms with Crippen molar-refractivity contribution in [2.45, 2.75) is 6.54 Å². The molecular weight excluding hydrogens is 390 g/mol. The summed E-state index contributed by atoms with van der Waals surface area (Å²) in [7, 11) is 3.74. The number of methoxy groups -OCH3 is 1. The summed E-state index contributed by atoms with van der Waals surface area (Å²) < 4.78 is 10.9. The average molecular weight is 422 g/mol. The number of benzene rings is 2. The third-order valence-electron chi connectivity index (χ3n) is 5.17. The molecule has 0 aliphatic carbocycles. The zero-order valence-electron chi connectivity index (χ0n) is 18.3. The van der Waals surface area contributed by atoms with Crippen LogP contribution in [0.2, 0.25) is 0 Å². The number of hydrogen-bond donors (Lipinski definition) is 1. The van der Waals surface area contributed by atoms with Crippen molar-refractivity contribution < 1.29 is 14.3 Å². The summed E-state index contributed by atoms with van der Waals surface area (Å²) in [4.78, 5) is 17.2. The Kier molecular flexibility index (Phi) is 8.27. The first-order valence-electron chi connectivity index (χ1n) is 10.5. The van der Waals surface area contributed by atoms with Crippen LogP contribution in [0, 0.1) is 0 Å². The maximum absolute atomic E-state index is 12.4. The van der Waals surface area contributed by atoms with Crippen LogP contribution in [0.5, 0.6) is 11.5 Å². The van der Waals surface area contributed by atoms with Crippen LogP contribution in [0.1, 0.15) is 11.1 Å². The number of carbonyl (C=O) groups is 1. The van der Waals surface area contributed by atoms with E-state index in [1.54, 1.807) is 19.3 Å². The van der Waals surface area contributed by atoms with E-state index in [1.165, 1.54) is 11.6 Å². The van der Waals surface area contributed by atoms with Crippen molar-refractivity contribution in [3.8, 4) is 11.5 Å². The molecule has 164 valence electrons. The third-order valence-corrected chi connectivity index (χ3v) is 5.17. The number of carbonyl (C=O) groups excluding carboxylic acids is 1. The Balaban J connectivity index is 1.58. The van der Waals surface area contributed by atoms with Crippen LogP contribution in [0.25, 0.3) is 6.08 Å². The minimum atomic E-state index is -0.178. The molecule has 0 atom stereocenters. The number of anilines is 1. The second kappa shape index (κ2) is 11.3. The number of amides is 1. The summed E-state index contributed by atoms with van der Waals surface area (Å²) in [6.07, 6.45) is 4.95. The minimum absolute atomic E-state index is 0.178. The largest absolute Gasteiger partial charge is 0.493 e. The second-order valence-corrected chi connectivity index (χ2v) is 7.61. The Labute approximate surface area is 184 Å². The predicted molar refractivity (Wildman–Crippen MR) is 126 cm³/mol. The van der Waals surface area contributed by atoms with Crippen LogP contribution in [-0.4, -0.2) is 62.7 Å². The van der Waals surface area contributed by atoms with Crippen molar-refractivity contribution in [3.05, 3.63) is 72.3 Å². The maximum Gasteiger partial charge on any atom is 0.248 e. The predicted octanol–water partition coefficient (Wildman–Crippen LogP) is 3.66. The van der Waals surface area contributed by atoms with E-state index in [0.717, 1.165) is 44.0 Å². The van der Waals surface area contributed by atoms with Crippen LogP contribution in [0.3, 0.4) is 0 Å². The molecule has 0 saturated carbocycles. The SMILES string of the molecule is C=CCOc1ccc(/C=C/C(=O)Nc2cccc(CN3CCN(C)CC3)c2)cc1OC. The zero-order valence-corrected chi connectivity index (χ0v) is 18.3. The zero-order chi connectivity index (χ0) is 22.1. The van der Waals surface area contributed by atoms with Gasteiger partial charge < -0.3 is 19.7 Å². The Hall–Kier alpha value is -3.09. The van der Waals surface area contributed by atoms with Gasteiger partial charge in [0.25, 0.3) is 0 Å². The summed E-state index contributed by atoms with van der Waals surface area (Å²) in [5.74, 6) is 1.07. The number of hydrogen-bond acceptors (Lipinski definition) is 5. The standard InChI is InChI=1S/C25H31N3O3/c1-4-16-31-23-10-8-20(18-24(23)30-3)9-11-25(29)26-22-7-5-6-21(17-22)19-28-14-12-27(2)13-15-28/h4-11,17-18H,1,12-16,19H2,2-3H3,(H,26,29)/b11-9+. The van der Waals surface area contributed by atoms with E-state index in [1.807, 2.05) is 36.4 Å². The van der Waals surface area contributed by atoms with Gasteiger partial charge in [0.1, 0.15) is 6.61 Å². The Morgan fingerprint density at radius 1 is 1.13 bits per heavy atom. The molecule has 1 heterocycles. The van der Waals surface area contributed by atoms with Crippen molar-refractivity contribution >= 4 is 17.7 Å². The topological polar surface area (TPSA) is 54.0 Å². The lowest BCUT2D eigenvalue weighted by atomic mass is 10.1. The van der Waals surface area contributed by atoms with Crippen molar-refractivity contribution in [1.29, 1.82) is 0 Å². The number of piperazine rings is 1. The Morgan fingerprint density at radius 2 is 1.94 bits per heavy atom. The van der Waals surface area contributed by atoms with Gasteiger partial charge in [-0.2, -0.15) is 0 Å². The van der Waals surface area contributed by atoms with Gasteiger partial charge in [0.15, 0.2) is 11.5 Å². The van der Waals surface area contributed by atoms with Crippen molar-refractivity contribution in [2.24, 2.45) is 0 Å². The summed E-state index contributed by atoms with van der Waals surface area (Å²) in [6, 6.07) is 13.6. The molecule has 1 aliphatic heterocycles. The molecule has 1 N–H and O–H groups in total. The first-order valence-corrected chi connectivity index (χ1v) is 10.5. The van der Waals surface area contributed by atoms with Crippen LogP contribution in [-0.2, 0) is 11.3 Å². The van der Waals surface area contributed by atoms with Crippen LogP contribution in [0.15, 0.2) is 61.2 Å². The summed E-state index contributed by atoms with van der Waals surface area (Å²) in [6.45, 7) is 9.26. The fraction of sp³-hybridized carbons (Fsp3) is 0.320. The molecule has 2 aromatic rings. The number of likely N-dealkylation sites (N-methyl/N-ethyl adjacent to an activating group) is 1. The van der Waals surface area contributed by atoms with Gasteiger partial charge in [0.05, 0.1) is 7.11 Å². The van der Waals surface area contributed by atoms with Gasteiger partial charge in [-0.25, -0.2) is 0 Å². The monoisotopic (exact) mass is 421 g/mol. The van der Waals surface area contributed by atoms with Gasteiger partial charge >= 0.3 is 0 Å². The molecule has 0 unspecified atom stereocenters. The van der Waals surface area contributed by atoms with E-state index >= 15 is 0 Å². The summed E-state index contributed by atoms with van der Waals surface area (Å²) in [5, 5.41) is 2.95. The third kappa shape index (κ3) is 6.98. The Morgan fingerprint density at radius 3 is 2.68 bits per heavy atom. The summed E-state index contributed by atoms with van der Waals surface area (Å²) >= 11 is 0. The van der Waals surface area contributed by atoms with E-state index < -0.39 is 0 Å². The van der Waals surface area contributed by atoms with E-state index in [2.05, 4.69) is 34.8 Å². The fourth-order valence-corrected chi connectivity index (χ4v) is 3.42. The van der Waals surface area contributed by atoms with Crippen LogP contribution in [0.4, 0.5) is 5.69 Å². The second-order valence-electron chi connectivity index (χ2n) is 7.61. The van der Waals surface area contributed by atoms with Crippen molar-refractivity contribution in [3.63, 3.8) is 0 Å². The number of rotatable bonds is 9. The molecule has 0 radical (unpaired) electrons. The highest BCUT2D eigenvalue weighted by Crippen LogP contribution is 2.28. The first kappa shape index (κ1) is 22.6. The fourth-order valence-electron chi connectivity index (χ4n) is 3.42. The molecule has 1 fully saturated rings. The van der Waals surface area contributed by atoms with Crippen molar-refractivity contribution in [1.82, 2.24) is 9.80 Å². The molecule has 31 heavy (non-hydrogen) atoms. The van der Waals surface area contributed by atoms with Crippen LogP contribution < -0.4 is 14.8 Å². The number of nitrogens with zero attached hydrogens (tertiary/aromatic N) is 2. The average Bonchev–Trinajstić information content (AvgIpc) is 2.78. The Bertz CT molecular complexity index is 918. The maximum atomic E-state index is 12.4. The van der Waals surface area contributed by atoms with Gasteiger partial charge in [-0.1, -0.05) is 30.9 Å². The molecule has 2 aromatic carbocycles. The number of nitrogens with one attached hydrogen (secondary N) is 1. The highest BCUT2D eigenvalue weighted by Gasteiger charge is 2.14. The molecule has 6 nitrogen and oxygen atoms in total. The highest BCUT2D eigenvalue weighted by atomic mass is 16.5. The smallest absolute Gasteiger partial charge is 0.248 e. The number of ether oxygens (including phenoxy) is 2. The van der Waals surface area contributed by atoms with Gasteiger partial charge in [0.2, 0.25) is 5.91 Å². The molecule has 0 bridgehead atoms. The highest BCUT2D eigenvalue weighted by molar-refractivity contribution is 6.02. The molecule has 0 spiro atoms. The molecule has 6 heteroatoms. The van der Waals surface area contributed by atoms with Gasteiger partial charge in [-0.3, -0.25) is 9.69 Å². The molecule has 1 saturated heterocycles. The van der Waals surface area contributed by atoms with E-state index in [4.69, 9.17) is 9.47 Å². The molecule has 0 aromatic heterocycles. The lowest BCUT2D eigenvalue weighted by Crippen LogP contribution is -2.43. The lowest BCUT2D eigenvalue weighted by Gasteiger charge is -2.32. The van der Waals surface area contributed by atoms with E-state index in [0.29, 0.717) is 18.1 Å². The van der Waals surface area contributed by atoms with E-state index in [9.17, 15) is 4.79 Å². The van der Waals surface area contributed by atoms with Crippen molar-refractivity contribution in [2.75, 3.05) is 52.3 Å². The molecule has 1 amide bonds. The normalized spacial score (nSPS) is 15.0. The van der Waals surface area contributed by atoms with Gasteiger partial charge in [0, 0.05) is 44.5 Å². The quantitative estimate of drug-likeness (QED) is 0.495. The van der Waals surface area contributed by atoms with Gasteiger partial charge in [-0.15, -0.1) is 0 Å². The molecular formula is C25H31N3O3. The van der Waals surface area contributed by atoms with E-state index in [-0.39, 0.29) is 5.91 Å². The minimum Gasteiger partial charge on any atom is -0.493 e. The summed E-state index contributed by atoms with van der Waals surface area (Å²) in [5.41, 5.74) is 2.85. The lowest BCUT2D eigenvalue weighted by molar-refractivity contribution is -0.111. The first-order chi connectivity index (χ1) is 15.1.